The van der Waals surface area contributed by atoms with E-state index in [2.05, 4.69) is 16.0 Å². The lowest BCUT2D eigenvalue weighted by atomic mass is 10.1. The number of amides is 3. The van der Waals surface area contributed by atoms with Crippen molar-refractivity contribution in [2.75, 3.05) is 23.1 Å². The maximum atomic E-state index is 13.6. The Bertz CT molecular complexity index is 1530. The van der Waals surface area contributed by atoms with Gasteiger partial charge in [-0.15, -0.1) is 11.3 Å². The first-order valence-electron chi connectivity index (χ1n) is 11.3. The van der Waals surface area contributed by atoms with Crippen molar-refractivity contribution in [3.63, 3.8) is 0 Å². The van der Waals surface area contributed by atoms with Crippen LogP contribution in [0.15, 0.2) is 78.9 Å². The normalized spacial score (nSPS) is 10.4. The maximum absolute atomic E-state index is 13.6. The van der Waals surface area contributed by atoms with Crippen molar-refractivity contribution >= 4 is 51.4 Å². The molecule has 1 heterocycles. The quantitative estimate of drug-likeness (QED) is 0.263. The van der Waals surface area contributed by atoms with Gasteiger partial charge in [0.15, 0.2) is 0 Å². The molecule has 3 aromatic carbocycles. The molecular weight excluding hydrogens is 509 g/mol. The van der Waals surface area contributed by atoms with E-state index in [1.165, 1.54) is 25.3 Å². The molecule has 0 spiro atoms. The fourth-order valence-corrected chi connectivity index (χ4v) is 4.71. The lowest BCUT2D eigenvalue weighted by molar-refractivity contribution is 0.0601. The van der Waals surface area contributed by atoms with E-state index < -0.39 is 23.6 Å². The number of anilines is 3. The topological polar surface area (TPSA) is 114 Å². The number of hydrogen-bond donors (Lipinski definition) is 3. The molecule has 4 rings (SSSR count). The standard InChI is InChI=1S/C28H22FN3O5S/c1-16-22(28(36)37-2)27(32-25(34)18-10-6-11-19(29)14-18)38-23(16)26(35)31-21-13-7-12-20(15-21)30-24(33)17-8-4-3-5-9-17/h3-15H,1-2H3,(H,30,33)(H,31,35)(H,32,34). The number of benzene rings is 3. The van der Waals surface area contributed by atoms with Gasteiger partial charge in [0.05, 0.1) is 17.6 Å². The number of esters is 1. The van der Waals surface area contributed by atoms with Gasteiger partial charge in [-0.2, -0.15) is 0 Å². The van der Waals surface area contributed by atoms with E-state index in [-0.39, 0.29) is 26.9 Å². The number of thiophene rings is 1. The molecule has 0 saturated carbocycles. The molecule has 1 aromatic heterocycles. The molecule has 0 aliphatic carbocycles. The Labute approximate surface area is 221 Å². The van der Waals surface area contributed by atoms with Crippen LogP contribution in [0.2, 0.25) is 0 Å². The molecule has 0 saturated heterocycles. The van der Waals surface area contributed by atoms with Crippen molar-refractivity contribution in [3.05, 3.63) is 112 Å². The summed E-state index contributed by atoms with van der Waals surface area (Å²) >= 11 is 0.888. The number of carbonyl (C=O) groups is 4. The fourth-order valence-electron chi connectivity index (χ4n) is 3.63. The van der Waals surface area contributed by atoms with Crippen molar-refractivity contribution in [2.24, 2.45) is 0 Å². The smallest absolute Gasteiger partial charge is 0.341 e. The zero-order chi connectivity index (χ0) is 27.2. The first kappa shape index (κ1) is 26.2. The number of hydrogen-bond acceptors (Lipinski definition) is 6. The minimum Gasteiger partial charge on any atom is -0.465 e. The van der Waals surface area contributed by atoms with Crippen LogP contribution >= 0.6 is 11.3 Å². The molecule has 3 N–H and O–H groups in total. The van der Waals surface area contributed by atoms with Crippen LogP contribution in [0.5, 0.6) is 0 Å². The van der Waals surface area contributed by atoms with Gasteiger partial charge in [-0.3, -0.25) is 14.4 Å². The largest absolute Gasteiger partial charge is 0.465 e. The van der Waals surface area contributed by atoms with Gasteiger partial charge >= 0.3 is 5.97 Å². The van der Waals surface area contributed by atoms with Crippen molar-refractivity contribution in [3.8, 4) is 0 Å². The number of rotatable bonds is 7. The molecule has 3 amide bonds. The van der Waals surface area contributed by atoms with Gasteiger partial charge in [-0.1, -0.05) is 30.3 Å². The van der Waals surface area contributed by atoms with Crippen molar-refractivity contribution in [1.82, 2.24) is 0 Å². The van der Waals surface area contributed by atoms with Crippen LogP contribution in [0.25, 0.3) is 0 Å². The van der Waals surface area contributed by atoms with Gasteiger partial charge in [0.2, 0.25) is 0 Å². The summed E-state index contributed by atoms with van der Waals surface area (Å²) in [6, 6.07) is 20.4. The number of carbonyl (C=O) groups excluding carboxylic acids is 4. The lowest BCUT2D eigenvalue weighted by Crippen LogP contribution is -2.15. The summed E-state index contributed by atoms with van der Waals surface area (Å²) in [5.74, 6) is -2.81. The average Bonchev–Trinajstić information content (AvgIpc) is 3.24. The predicted molar refractivity (Wildman–Crippen MR) is 144 cm³/mol. The predicted octanol–water partition coefficient (Wildman–Crippen LogP) is 5.74. The molecule has 0 atom stereocenters. The zero-order valence-electron chi connectivity index (χ0n) is 20.3. The molecule has 0 fully saturated rings. The fraction of sp³-hybridized carbons (Fsp3) is 0.0714. The Hall–Kier alpha value is -4.83. The van der Waals surface area contributed by atoms with Gasteiger partial charge < -0.3 is 20.7 Å². The van der Waals surface area contributed by atoms with Crippen molar-refractivity contribution < 1.29 is 28.3 Å². The first-order chi connectivity index (χ1) is 18.3. The third-order valence-corrected chi connectivity index (χ3v) is 6.68. The van der Waals surface area contributed by atoms with Gasteiger partial charge in [0.25, 0.3) is 17.7 Å². The van der Waals surface area contributed by atoms with Gasteiger partial charge in [-0.25, -0.2) is 9.18 Å². The minimum absolute atomic E-state index is 0.0243. The summed E-state index contributed by atoms with van der Waals surface area (Å²) in [7, 11) is 1.19. The van der Waals surface area contributed by atoms with Crippen LogP contribution in [0.4, 0.5) is 20.8 Å². The van der Waals surface area contributed by atoms with E-state index >= 15 is 0 Å². The molecule has 0 bridgehead atoms. The number of ether oxygens (including phenoxy) is 1. The lowest BCUT2D eigenvalue weighted by Gasteiger charge is -2.09. The van der Waals surface area contributed by atoms with E-state index in [0.29, 0.717) is 22.5 Å². The second kappa shape index (κ2) is 11.5. The monoisotopic (exact) mass is 531 g/mol. The third-order valence-electron chi connectivity index (χ3n) is 5.47. The minimum atomic E-state index is -0.738. The van der Waals surface area contributed by atoms with Gasteiger partial charge in [-0.05, 0) is 61.0 Å². The van der Waals surface area contributed by atoms with Crippen LogP contribution in [0.1, 0.15) is 46.3 Å². The molecule has 0 radical (unpaired) electrons. The highest BCUT2D eigenvalue weighted by molar-refractivity contribution is 7.19. The van der Waals surface area contributed by atoms with Gasteiger partial charge in [0.1, 0.15) is 10.8 Å². The summed E-state index contributed by atoms with van der Waals surface area (Å²) in [6.07, 6.45) is 0. The molecule has 38 heavy (non-hydrogen) atoms. The molecule has 192 valence electrons. The summed E-state index contributed by atoms with van der Waals surface area (Å²) < 4.78 is 18.4. The van der Waals surface area contributed by atoms with E-state index in [9.17, 15) is 23.6 Å². The zero-order valence-corrected chi connectivity index (χ0v) is 21.1. The highest BCUT2D eigenvalue weighted by atomic mass is 32.1. The first-order valence-corrected chi connectivity index (χ1v) is 12.1. The molecule has 8 nitrogen and oxygen atoms in total. The van der Waals surface area contributed by atoms with E-state index in [1.807, 2.05) is 6.07 Å². The number of methoxy groups -OCH3 is 1. The highest BCUT2D eigenvalue weighted by Crippen LogP contribution is 2.34. The highest BCUT2D eigenvalue weighted by Gasteiger charge is 2.27. The van der Waals surface area contributed by atoms with E-state index in [4.69, 9.17) is 4.74 Å². The molecule has 0 aliphatic rings. The summed E-state index contributed by atoms with van der Waals surface area (Å²) in [4.78, 5) is 51.0. The van der Waals surface area contributed by atoms with Crippen LogP contribution in [-0.4, -0.2) is 30.8 Å². The van der Waals surface area contributed by atoms with Gasteiger partial charge in [0, 0.05) is 22.5 Å². The summed E-state index contributed by atoms with van der Waals surface area (Å²) in [6.45, 7) is 1.56. The van der Waals surface area contributed by atoms with Crippen LogP contribution < -0.4 is 16.0 Å². The Morgan fingerprint density at radius 2 is 1.34 bits per heavy atom. The summed E-state index contributed by atoms with van der Waals surface area (Å²) in [5, 5.41) is 8.20. The molecule has 0 aliphatic heterocycles. The average molecular weight is 532 g/mol. The third kappa shape index (κ3) is 5.93. The second-order valence-electron chi connectivity index (χ2n) is 8.07. The second-order valence-corrected chi connectivity index (χ2v) is 9.09. The Balaban J connectivity index is 1.55. The summed E-state index contributed by atoms with van der Waals surface area (Å²) in [5.41, 5.74) is 1.74. The Kier molecular flexibility index (Phi) is 7.93. The molecular formula is C28H22FN3O5S. The Morgan fingerprint density at radius 1 is 0.737 bits per heavy atom. The molecule has 0 unspecified atom stereocenters. The van der Waals surface area contributed by atoms with Crippen molar-refractivity contribution in [1.29, 1.82) is 0 Å². The molecule has 10 heteroatoms. The van der Waals surface area contributed by atoms with E-state index in [1.54, 1.807) is 55.5 Å². The number of nitrogens with one attached hydrogen (secondary N) is 3. The van der Waals surface area contributed by atoms with Crippen LogP contribution in [0, 0.1) is 12.7 Å². The van der Waals surface area contributed by atoms with E-state index in [0.717, 1.165) is 17.4 Å². The van der Waals surface area contributed by atoms with Crippen LogP contribution in [0.3, 0.4) is 0 Å². The Morgan fingerprint density at radius 3 is 2.00 bits per heavy atom. The maximum Gasteiger partial charge on any atom is 0.341 e. The SMILES string of the molecule is COC(=O)c1c(NC(=O)c2cccc(F)c2)sc(C(=O)Nc2cccc(NC(=O)c3ccccc3)c2)c1C. The molecule has 4 aromatic rings. The van der Waals surface area contributed by atoms with Crippen molar-refractivity contribution in [2.45, 2.75) is 6.92 Å². The van der Waals surface area contributed by atoms with Crippen LogP contribution in [-0.2, 0) is 4.74 Å². The number of halogens is 1.